The van der Waals surface area contributed by atoms with E-state index in [1.807, 2.05) is 0 Å². The lowest BCUT2D eigenvalue weighted by atomic mass is 10.4. The van der Waals surface area contributed by atoms with Gasteiger partial charge in [0.15, 0.2) is 0 Å². The van der Waals surface area contributed by atoms with E-state index in [-0.39, 0.29) is 17.8 Å². The molecule has 1 aromatic heterocycles. The summed E-state index contributed by atoms with van der Waals surface area (Å²) in [5, 5.41) is 2.46. The zero-order valence-corrected chi connectivity index (χ0v) is 9.31. The fourth-order valence-corrected chi connectivity index (χ4v) is 0.970. The SMILES string of the molecule is CC(C)NC(=O)Oc1cccc(OC(F)F)n1. The van der Waals surface area contributed by atoms with Gasteiger partial charge in [0, 0.05) is 18.2 Å². The number of nitrogens with one attached hydrogen (secondary N) is 1. The number of aromatic nitrogens is 1. The van der Waals surface area contributed by atoms with Crippen LogP contribution in [0.15, 0.2) is 18.2 Å². The van der Waals surface area contributed by atoms with Gasteiger partial charge in [0.1, 0.15) is 0 Å². The molecule has 0 saturated heterocycles. The van der Waals surface area contributed by atoms with Gasteiger partial charge in [-0.25, -0.2) is 4.79 Å². The summed E-state index contributed by atoms with van der Waals surface area (Å²) in [5.41, 5.74) is 0. The van der Waals surface area contributed by atoms with Crippen LogP contribution in [0.2, 0.25) is 0 Å². The van der Waals surface area contributed by atoms with E-state index in [1.165, 1.54) is 18.2 Å². The Hall–Kier alpha value is -1.92. The van der Waals surface area contributed by atoms with Gasteiger partial charge in [-0.3, -0.25) is 0 Å². The third-order valence-electron chi connectivity index (χ3n) is 1.51. The van der Waals surface area contributed by atoms with E-state index in [4.69, 9.17) is 4.74 Å². The number of amides is 1. The monoisotopic (exact) mass is 246 g/mol. The summed E-state index contributed by atoms with van der Waals surface area (Å²) in [5.74, 6) is -0.420. The first-order valence-corrected chi connectivity index (χ1v) is 4.87. The van der Waals surface area contributed by atoms with Crippen molar-refractivity contribution in [1.82, 2.24) is 10.3 Å². The number of carbonyl (C=O) groups excluding carboxylic acids is 1. The van der Waals surface area contributed by atoms with Gasteiger partial charge in [-0.2, -0.15) is 13.8 Å². The molecule has 0 aromatic carbocycles. The second-order valence-corrected chi connectivity index (χ2v) is 3.38. The van der Waals surface area contributed by atoms with E-state index < -0.39 is 12.7 Å². The number of pyridine rings is 1. The number of nitrogens with zero attached hydrogens (tertiary/aromatic N) is 1. The lowest BCUT2D eigenvalue weighted by Crippen LogP contribution is -2.32. The summed E-state index contributed by atoms with van der Waals surface area (Å²) in [4.78, 5) is 14.8. The van der Waals surface area contributed by atoms with Crippen LogP contribution in [-0.4, -0.2) is 23.7 Å². The van der Waals surface area contributed by atoms with Crippen molar-refractivity contribution in [2.75, 3.05) is 0 Å². The lowest BCUT2D eigenvalue weighted by molar-refractivity contribution is -0.0530. The summed E-state index contributed by atoms with van der Waals surface area (Å²) in [7, 11) is 0. The fraction of sp³-hybridized carbons (Fsp3) is 0.400. The molecule has 0 radical (unpaired) electrons. The van der Waals surface area contributed by atoms with Gasteiger partial charge in [0.25, 0.3) is 0 Å². The predicted octanol–water partition coefficient (Wildman–Crippen LogP) is 2.18. The molecule has 1 rings (SSSR count). The Kier molecular flexibility index (Phi) is 4.62. The molecule has 0 bridgehead atoms. The average Bonchev–Trinajstić information content (AvgIpc) is 2.14. The van der Waals surface area contributed by atoms with E-state index in [2.05, 4.69) is 15.0 Å². The number of hydrogen-bond acceptors (Lipinski definition) is 4. The highest BCUT2D eigenvalue weighted by Crippen LogP contribution is 2.15. The maximum Gasteiger partial charge on any atom is 0.414 e. The minimum atomic E-state index is -2.97. The summed E-state index contributed by atoms with van der Waals surface area (Å²) in [6.45, 7) is 0.540. The second-order valence-electron chi connectivity index (χ2n) is 3.38. The molecule has 1 heterocycles. The van der Waals surface area contributed by atoms with Crippen LogP contribution in [0.1, 0.15) is 13.8 Å². The number of halogens is 2. The van der Waals surface area contributed by atoms with E-state index in [0.29, 0.717) is 0 Å². The van der Waals surface area contributed by atoms with Gasteiger partial charge < -0.3 is 14.8 Å². The van der Waals surface area contributed by atoms with Crippen molar-refractivity contribution >= 4 is 6.09 Å². The maximum atomic E-state index is 11.9. The standard InChI is InChI=1S/C10H12F2N2O3/c1-6(2)13-10(15)17-8-5-3-4-7(14-8)16-9(11)12/h3-6,9H,1-2H3,(H,13,15). The Labute approximate surface area is 96.7 Å². The van der Waals surface area contributed by atoms with Crippen LogP contribution in [0.3, 0.4) is 0 Å². The summed E-state index contributed by atoms with van der Waals surface area (Å²) in [6, 6.07) is 3.89. The van der Waals surface area contributed by atoms with Crippen molar-refractivity contribution < 1.29 is 23.0 Å². The molecule has 1 aromatic rings. The van der Waals surface area contributed by atoms with E-state index in [1.54, 1.807) is 13.8 Å². The number of alkyl halides is 2. The summed E-state index contributed by atoms with van der Waals surface area (Å²) < 4.78 is 32.6. The minimum Gasteiger partial charge on any atom is -0.417 e. The number of rotatable bonds is 4. The highest BCUT2D eigenvalue weighted by Gasteiger charge is 2.09. The van der Waals surface area contributed by atoms with Crippen molar-refractivity contribution in [2.45, 2.75) is 26.5 Å². The molecule has 0 aliphatic heterocycles. The molecule has 1 N–H and O–H groups in total. The van der Waals surface area contributed by atoms with E-state index >= 15 is 0 Å². The topological polar surface area (TPSA) is 60.5 Å². The third-order valence-corrected chi connectivity index (χ3v) is 1.51. The first-order chi connectivity index (χ1) is 7.97. The molecule has 1 amide bonds. The molecule has 7 heteroatoms. The highest BCUT2D eigenvalue weighted by atomic mass is 19.3. The van der Waals surface area contributed by atoms with E-state index in [9.17, 15) is 13.6 Å². The normalized spacial score (nSPS) is 10.5. The molecular formula is C10H12F2N2O3. The largest absolute Gasteiger partial charge is 0.417 e. The average molecular weight is 246 g/mol. The summed E-state index contributed by atoms with van der Waals surface area (Å²) in [6.07, 6.45) is -0.707. The van der Waals surface area contributed by atoms with Crippen LogP contribution in [0, 0.1) is 0 Å². The fourth-order valence-electron chi connectivity index (χ4n) is 0.970. The van der Waals surface area contributed by atoms with Crippen LogP contribution >= 0.6 is 0 Å². The molecule has 0 unspecified atom stereocenters. The number of ether oxygens (including phenoxy) is 2. The molecular weight excluding hydrogens is 234 g/mol. The molecule has 94 valence electrons. The Morgan fingerprint density at radius 2 is 2.00 bits per heavy atom. The number of carbonyl (C=O) groups is 1. The zero-order chi connectivity index (χ0) is 12.8. The van der Waals surface area contributed by atoms with Crippen molar-refractivity contribution in [3.63, 3.8) is 0 Å². The first-order valence-electron chi connectivity index (χ1n) is 4.87. The maximum absolute atomic E-state index is 11.9. The van der Waals surface area contributed by atoms with Gasteiger partial charge in [-0.05, 0) is 13.8 Å². The molecule has 0 saturated carbocycles. The van der Waals surface area contributed by atoms with Crippen molar-refractivity contribution in [1.29, 1.82) is 0 Å². The van der Waals surface area contributed by atoms with Gasteiger partial charge in [0.05, 0.1) is 0 Å². The van der Waals surface area contributed by atoms with Crippen LogP contribution in [0.4, 0.5) is 13.6 Å². The van der Waals surface area contributed by atoms with Crippen molar-refractivity contribution in [3.05, 3.63) is 18.2 Å². The van der Waals surface area contributed by atoms with Gasteiger partial charge >= 0.3 is 12.7 Å². The van der Waals surface area contributed by atoms with Crippen molar-refractivity contribution in [3.8, 4) is 11.8 Å². The first kappa shape index (κ1) is 13.1. The smallest absolute Gasteiger partial charge is 0.414 e. The lowest BCUT2D eigenvalue weighted by Gasteiger charge is -2.09. The Balaban J connectivity index is 2.62. The Morgan fingerprint density at radius 3 is 2.59 bits per heavy atom. The zero-order valence-electron chi connectivity index (χ0n) is 9.31. The molecule has 0 aliphatic carbocycles. The van der Waals surface area contributed by atoms with Crippen molar-refractivity contribution in [2.24, 2.45) is 0 Å². The Morgan fingerprint density at radius 1 is 1.35 bits per heavy atom. The highest BCUT2D eigenvalue weighted by molar-refractivity contribution is 5.70. The predicted molar refractivity (Wildman–Crippen MR) is 55.2 cm³/mol. The molecule has 0 spiro atoms. The molecule has 17 heavy (non-hydrogen) atoms. The molecule has 0 fully saturated rings. The molecule has 0 atom stereocenters. The molecule has 0 aliphatic rings. The van der Waals surface area contributed by atoms with Crippen LogP contribution in [0.5, 0.6) is 11.8 Å². The third kappa shape index (κ3) is 5.10. The van der Waals surface area contributed by atoms with Crippen LogP contribution in [0.25, 0.3) is 0 Å². The Bertz CT molecular complexity index is 386. The second kappa shape index (κ2) is 5.97. The van der Waals surface area contributed by atoms with E-state index in [0.717, 1.165) is 0 Å². The van der Waals surface area contributed by atoms with Crippen LogP contribution in [-0.2, 0) is 0 Å². The van der Waals surface area contributed by atoms with Gasteiger partial charge in [0.2, 0.25) is 11.8 Å². The quantitative estimate of drug-likeness (QED) is 0.884. The minimum absolute atomic E-state index is 0.0944. The number of hydrogen-bond donors (Lipinski definition) is 1. The van der Waals surface area contributed by atoms with Gasteiger partial charge in [-0.15, -0.1) is 0 Å². The molecule has 5 nitrogen and oxygen atoms in total. The van der Waals surface area contributed by atoms with Gasteiger partial charge in [-0.1, -0.05) is 6.07 Å². The summed E-state index contributed by atoms with van der Waals surface area (Å²) >= 11 is 0. The van der Waals surface area contributed by atoms with Crippen LogP contribution < -0.4 is 14.8 Å².